The number of rotatable bonds is 30. The molecule has 1 aliphatic carbocycles. The van der Waals surface area contributed by atoms with Crippen molar-refractivity contribution < 1.29 is 44.0 Å². The number of carboxylic acids is 1. The van der Waals surface area contributed by atoms with Crippen LogP contribution >= 0.6 is 0 Å². The maximum atomic E-state index is 13.5. The van der Waals surface area contributed by atoms with Gasteiger partial charge in [-0.25, -0.2) is 14.9 Å². The molecule has 0 bridgehead atoms. The number of nitrogens with one attached hydrogen (secondary N) is 1. The number of aliphatic carboxylic acids is 1. The van der Waals surface area contributed by atoms with Crippen molar-refractivity contribution in [3.8, 4) is 0 Å². The van der Waals surface area contributed by atoms with Crippen LogP contribution in [0.25, 0.3) is 0 Å². The van der Waals surface area contributed by atoms with Crippen LogP contribution in [0, 0.1) is 41.4 Å². The number of amides is 1. The average molecular weight is 883 g/mol. The molecule has 0 aromatic heterocycles. The zero-order valence-corrected chi connectivity index (χ0v) is 40.8. The predicted octanol–water partition coefficient (Wildman–Crippen LogP) is 10.9. The Balaban J connectivity index is 1.79. The number of ketones is 3. The molecule has 358 valence electrons. The standard InChI is InChI=1S/C52H86N2O9/c1-11-43-20-17-21-44(35-43)32-38(4)23-24-46(55)41(7)31-40(6)34-48(62-10)49(57)42(8)30-37(3)19-14-12-13-18-36(2)25-27-52(53-9,63-61)28-26-39(5)33-47(56)50(58)54-29-16-15-22-45(54)51(59)60/h12-14,18-19,31,37-39,41-45,48,53,61H,11,15-17,20-30,32-35H2,1-10H3,(H,59,60)/b13-12+,19-14+,36-18+,40-31+/t37-,38+,39-,41-,42-,43+,44?,45?,48-,52-/m1/s1. The Labute approximate surface area is 380 Å². The van der Waals surface area contributed by atoms with E-state index in [1.807, 2.05) is 65.0 Å². The molecule has 0 radical (unpaired) electrons. The van der Waals surface area contributed by atoms with E-state index in [0.717, 1.165) is 29.4 Å². The average Bonchev–Trinajstić information content (AvgIpc) is 3.26. The number of carbonyl (C=O) groups excluding carboxylic acids is 4. The molecule has 1 saturated carbocycles. The Morgan fingerprint density at radius 3 is 2.22 bits per heavy atom. The number of carbonyl (C=O) groups is 5. The van der Waals surface area contributed by atoms with Gasteiger partial charge in [-0.2, -0.15) is 0 Å². The summed E-state index contributed by atoms with van der Waals surface area (Å²) in [6.45, 7) is 16.8. The predicted molar refractivity (Wildman–Crippen MR) is 252 cm³/mol. The number of methoxy groups -OCH3 is 1. The van der Waals surface area contributed by atoms with Crippen molar-refractivity contribution in [1.82, 2.24) is 10.2 Å². The summed E-state index contributed by atoms with van der Waals surface area (Å²) in [6.07, 6.45) is 25.8. The largest absolute Gasteiger partial charge is 0.480 e. The van der Waals surface area contributed by atoms with Gasteiger partial charge in [0.25, 0.3) is 5.91 Å². The fourth-order valence-electron chi connectivity index (χ4n) is 9.65. The number of likely N-dealkylation sites (tertiary alicyclic amines) is 1. The van der Waals surface area contributed by atoms with Crippen LogP contribution in [-0.4, -0.2) is 83.1 Å². The Morgan fingerprint density at radius 2 is 1.57 bits per heavy atom. The van der Waals surface area contributed by atoms with Gasteiger partial charge < -0.3 is 14.7 Å². The van der Waals surface area contributed by atoms with Gasteiger partial charge in [0.1, 0.15) is 17.9 Å². The lowest BCUT2D eigenvalue weighted by atomic mass is 9.76. The van der Waals surface area contributed by atoms with E-state index >= 15 is 0 Å². The fourth-order valence-corrected chi connectivity index (χ4v) is 9.65. The minimum atomic E-state index is -1.08. The lowest BCUT2D eigenvalue weighted by Gasteiger charge is -2.33. The second-order valence-electron chi connectivity index (χ2n) is 19.6. The first kappa shape index (κ1) is 55.9. The molecular weight excluding hydrogens is 797 g/mol. The molecule has 0 aromatic carbocycles. The molecule has 2 fully saturated rings. The summed E-state index contributed by atoms with van der Waals surface area (Å²) >= 11 is 0. The molecule has 2 aliphatic rings. The zero-order chi connectivity index (χ0) is 47.1. The molecule has 1 amide bonds. The first-order valence-electron chi connectivity index (χ1n) is 24.2. The van der Waals surface area contributed by atoms with Crippen molar-refractivity contribution in [3.05, 3.63) is 47.6 Å². The molecule has 11 heteroatoms. The molecule has 0 spiro atoms. The van der Waals surface area contributed by atoms with Crippen molar-refractivity contribution >= 4 is 29.2 Å². The lowest BCUT2D eigenvalue weighted by molar-refractivity contribution is -0.336. The number of hydrogen-bond acceptors (Lipinski definition) is 9. The van der Waals surface area contributed by atoms with Crippen molar-refractivity contribution in [2.24, 2.45) is 41.4 Å². The summed E-state index contributed by atoms with van der Waals surface area (Å²) in [5.74, 6) is -0.188. The number of carboxylic acid groups (broad SMARTS) is 1. The van der Waals surface area contributed by atoms with Gasteiger partial charge in [-0.1, -0.05) is 115 Å². The monoisotopic (exact) mass is 883 g/mol. The molecule has 2 unspecified atom stereocenters. The lowest BCUT2D eigenvalue weighted by Crippen LogP contribution is -2.50. The number of piperidine rings is 1. The summed E-state index contributed by atoms with van der Waals surface area (Å²) in [5.41, 5.74) is 1.04. The molecule has 63 heavy (non-hydrogen) atoms. The van der Waals surface area contributed by atoms with Crippen molar-refractivity contribution in [2.45, 2.75) is 189 Å². The van der Waals surface area contributed by atoms with Crippen LogP contribution in [-0.2, 0) is 33.6 Å². The van der Waals surface area contributed by atoms with Crippen LogP contribution in [0.3, 0.4) is 0 Å². The fraction of sp³-hybridized carbons (Fsp3) is 0.750. The van der Waals surface area contributed by atoms with E-state index in [0.29, 0.717) is 70.1 Å². The number of Topliss-reactive ketones (excluding diaryl/α,β-unsaturated/α-hetero) is 3. The third kappa shape index (κ3) is 20.2. The van der Waals surface area contributed by atoms with Gasteiger partial charge in [0.2, 0.25) is 5.78 Å². The molecule has 1 heterocycles. The van der Waals surface area contributed by atoms with Gasteiger partial charge in [-0.15, -0.1) is 0 Å². The highest BCUT2D eigenvalue weighted by atomic mass is 17.1. The maximum absolute atomic E-state index is 13.5. The number of ether oxygens (including phenoxy) is 1. The van der Waals surface area contributed by atoms with Gasteiger partial charge in [0, 0.05) is 44.8 Å². The smallest absolute Gasteiger partial charge is 0.326 e. The summed E-state index contributed by atoms with van der Waals surface area (Å²) in [7, 11) is 3.29. The van der Waals surface area contributed by atoms with Gasteiger partial charge in [-0.3, -0.25) is 24.5 Å². The second-order valence-corrected chi connectivity index (χ2v) is 19.6. The number of nitrogens with zero attached hydrogens (tertiary/aromatic N) is 1. The third-order valence-electron chi connectivity index (χ3n) is 13.9. The number of allylic oxidation sites excluding steroid dienone is 7. The van der Waals surface area contributed by atoms with Gasteiger partial charge >= 0.3 is 5.97 Å². The van der Waals surface area contributed by atoms with Gasteiger partial charge in [-0.05, 0) is 121 Å². The summed E-state index contributed by atoms with van der Waals surface area (Å²) < 4.78 is 5.68. The van der Waals surface area contributed by atoms with E-state index in [1.54, 1.807) is 14.2 Å². The Kier molecular flexibility index (Phi) is 26.0. The summed E-state index contributed by atoms with van der Waals surface area (Å²) in [5, 5.41) is 22.5. The van der Waals surface area contributed by atoms with Gasteiger partial charge in [0.15, 0.2) is 11.5 Å². The van der Waals surface area contributed by atoms with Crippen LogP contribution in [0.1, 0.15) is 171 Å². The highest BCUT2D eigenvalue weighted by Crippen LogP contribution is 2.35. The van der Waals surface area contributed by atoms with Crippen LogP contribution in [0.2, 0.25) is 0 Å². The van der Waals surface area contributed by atoms with Crippen molar-refractivity contribution in [1.29, 1.82) is 0 Å². The highest BCUT2D eigenvalue weighted by Gasteiger charge is 2.36. The quantitative estimate of drug-likeness (QED) is 0.0158. The van der Waals surface area contributed by atoms with E-state index in [9.17, 15) is 34.3 Å². The third-order valence-corrected chi connectivity index (χ3v) is 13.9. The summed E-state index contributed by atoms with van der Waals surface area (Å²) in [4.78, 5) is 69.9. The Hall–Kier alpha value is -3.25. The second kappa shape index (κ2) is 29.3. The Morgan fingerprint density at radius 1 is 0.857 bits per heavy atom. The SMILES string of the molecule is CC[C@H]1CCCC(C[C@@H](C)CCC(=O)[C@H](C)/C=C(\C)C[C@@H](OC)C(=O)[C@H](C)C[C@H](C)/C=C/C=C/C=C(\C)CC[C@@](CC[C@@H](C)CC(=O)C(=O)N2CCCCC2C(=O)O)(NC)OO)C1. The van der Waals surface area contributed by atoms with Crippen LogP contribution in [0.15, 0.2) is 47.6 Å². The van der Waals surface area contributed by atoms with E-state index in [4.69, 9.17) is 9.62 Å². The van der Waals surface area contributed by atoms with Gasteiger partial charge in [0.05, 0.1) is 0 Å². The first-order valence-corrected chi connectivity index (χ1v) is 24.2. The normalized spacial score (nSPS) is 22.9. The molecule has 0 aromatic rings. The van der Waals surface area contributed by atoms with E-state index in [-0.39, 0.29) is 48.2 Å². The molecule has 10 atom stereocenters. The maximum Gasteiger partial charge on any atom is 0.326 e. The highest BCUT2D eigenvalue weighted by molar-refractivity contribution is 6.36. The first-order chi connectivity index (χ1) is 29.9. The van der Waals surface area contributed by atoms with Crippen LogP contribution in [0.4, 0.5) is 0 Å². The van der Waals surface area contributed by atoms with Crippen LogP contribution < -0.4 is 5.32 Å². The van der Waals surface area contributed by atoms with Crippen molar-refractivity contribution in [2.75, 3.05) is 20.7 Å². The molecule has 1 aliphatic heterocycles. The van der Waals surface area contributed by atoms with Crippen LogP contribution in [0.5, 0.6) is 0 Å². The van der Waals surface area contributed by atoms with E-state index in [2.05, 4.69) is 32.2 Å². The molecule has 3 N–H and O–H groups in total. The minimum Gasteiger partial charge on any atom is -0.480 e. The van der Waals surface area contributed by atoms with Crippen molar-refractivity contribution in [3.63, 3.8) is 0 Å². The topological polar surface area (TPSA) is 160 Å². The summed E-state index contributed by atoms with van der Waals surface area (Å²) in [6, 6.07) is -0.956. The molecular formula is C52H86N2O9. The zero-order valence-electron chi connectivity index (χ0n) is 40.8. The Bertz CT molecular complexity index is 1560. The molecule has 2 rings (SSSR count). The molecule has 1 saturated heterocycles. The number of hydrogen-bond donors (Lipinski definition) is 3. The minimum absolute atomic E-state index is 0.00807. The molecule has 11 nitrogen and oxygen atoms in total. The van der Waals surface area contributed by atoms with E-state index < -0.39 is 35.5 Å². The van der Waals surface area contributed by atoms with E-state index in [1.165, 1.54) is 43.4 Å².